The first-order chi connectivity index (χ1) is 18.2. The molecule has 10 heteroatoms. The Labute approximate surface area is 223 Å². The second kappa shape index (κ2) is 13.0. The van der Waals surface area contributed by atoms with Crippen LogP contribution in [0.25, 0.3) is 0 Å². The Kier molecular flexibility index (Phi) is 9.84. The van der Waals surface area contributed by atoms with Gasteiger partial charge in [0.15, 0.2) is 0 Å². The predicted molar refractivity (Wildman–Crippen MR) is 144 cm³/mol. The van der Waals surface area contributed by atoms with Gasteiger partial charge < -0.3 is 15.0 Å². The fourth-order valence-corrected chi connectivity index (χ4v) is 5.20. The Hall–Kier alpha value is -3.92. The van der Waals surface area contributed by atoms with E-state index in [1.54, 1.807) is 56.5 Å². The number of methoxy groups -OCH3 is 1. The van der Waals surface area contributed by atoms with Crippen LogP contribution in [0.1, 0.15) is 25.8 Å². The van der Waals surface area contributed by atoms with E-state index in [4.69, 9.17) is 4.74 Å². The molecule has 3 aromatic rings. The van der Waals surface area contributed by atoms with E-state index in [1.165, 1.54) is 29.2 Å². The van der Waals surface area contributed by atoms with Gasteiger partial charge in [0.1, 0.15) is 24.2 Å². The lowest BCUT2D eigenvalue weighted by Crippen LogP contribution is -2.51. The highest BCUT2D eigenvalue weighted by Gasteiger charge is 2.32. The van der Waals surface area contributed by atoms with Crippen molar-refractivity contribution < 1.29 is 27.1 Å². The number of halogens is 1. The average molecular weight is 542 g/mol. The fraction of sp³-hybridized carbons (Fsp3) is 0.286. The molecule has 0 unspecified atom stereocenters. The smallest absolute Gasteiger partial charge is 0.264 e. The minimum absolute atomic E-state index is 0.0208. The number of carbonyl (C=O) groups excluding carboxylic acids is 2. The minimum Gasteiger partial charge on any atom is -0.497 e. The maximum Gasteiger partial charge on any atom is 0.264 e. The molecule has 1 atom stereocenters. The number of anilines is 1. The van der Waals surface area contributed by atoms with Crippen molar-refractivity contribution in [3.05, 3.63) is 90.2 Å². The Morgan fingerprint density at radius 3 is 2.18 bits per heavy atom. The number of nitrogens with zero attached hydrogens (tertiary/aromatic N) is 2. The second-order valence-corrected chi connectivity index (χ2v) is 10.5. The molecule has 0 bridgehead atoms. The van der Waals surface area contributed by atoms with E-state index in [0.29, 0.717) is 12.3 Å². The number of hydrogen-bond acceptors (Lipinski definition) is 5. The fourth-order valence-electron chi connectivity index (χ4n) is 3.76. The van der Waals surface area contributed by atoms with Gasteiger partial charge in [-0.2, -0.15) is 0 Å². The summed E-state index contributed by atoms with van der Waals surface area (Å²) in [6.45, 7) is 3.43. The monoisotopic (exact) mass is 541 g/mol. The second-order valence-electron chi connectivity index (χ2n) is 8.64. The van der Waals surface area contributed by atoms with Crippen LogP contribution in [-0.4, -0.2) is 51.4 Å². The zero-order valence-electron chi connectivity index (χ0n) is 21.6. The van der Waals surface area contributed by atoms with Gasteiger partial charge in [0.25, 0.3) is 10.0 Å². The molecule has 3 rings (SSSR count). The van der Waals surface area contributed by atoms with Gasteiger partial charge in [-0.1, -0.05) is 37.3 Å². The summed E-state index contributed by atoms with van der Waals surface area (Å²) in [4.78, 5) is 27.9. The Balaban J connectivity index is 1.99. The highest BCUT2D eigenvalue weighted by molar-refractivity contribution is 7.92. The zero-order chi connectivity index (χ0) is 27.7. The first kappa shape index (κ1) is 28.6. The molecule has 0 saturated carbocycles. The predicted octanol–water partition coefficient (Wildman–Crippen LogP) is 3.97. The van der Waals surface area contributed by atoms with E-state index < -0.39 is 34.3 Å². The van der Waals surface area contributed by atoms with Crippen LogP contribution in [0.4, 0.5) is 10.1 Å². The van der Waals surface area contributed by atoms with Gasteiger partial charge >= 0.3 is 0 Å². The van der Waals surface area contributed by atoms with Gasteiger partial charge in [-0.15, -0.1) is 0 Å². The number of ether oxygens (including phenoxy) is 1. The summed E-state index contributed by atoms with van der Waals surface area (Å²) in [6, 6.07) is 18.7. The van der Waals surface area contributed by atoms with Crippen LogP contribution in [0.5, 0.6) is 5.75 Å². The Morgan fingerprint density at radius 1 is 0.974 bits per heavy atom. The summed E-state index contributed by atoms with van der Waals surface area (Å²) in [5.74, 6) is -0.854. The Bertz CT molecular complexity index is 1320. The third-order valence-corrected chi connectivity index (χ3v) is 7.74. The number of sulfonamides is 1. The van der Waals surface area contributed by atoms with Gasteiger partial charge in [-0.3, -0.25) is 13.9 Å². The average Bonchev–Trinajstić information content (AvgIpc) is 2.94. The van der Waals surface area contributed by atoms with Crippen LogP contribution in [0.3, 0.4) is 0 Å². The molecule has 3 aromatic carbocycles. The van der Waals surface area contributed by atoms with Gasteiger partial charge in [0.05, 0.1) is 17.7 Å². The molecular weight excluding hydrogens is 509 g/mol. The molecule has 0 spiro atoms. The van der Waals surface area contributed by atoms with Crippen LogP contribution in [0, 0.1) is 5.82 Å². The number of rotatable bonds is 12. The van der Waals surface area contributed by atoms with Crippen molar-refractivity contribution in [3.63, 3.8) is 0 Å². The number of carbonyl (C=O) groups is 2. The highest BCUT2D eigenvalue weighted by Crippen LogP contribution is 2.25. The zero-order valence-corrected chi connectivity index (χ0v) is 22.4. The van der Waals surface area contributed by atoms with Gasteiger partial charge in [0.2, 0.25) is 11.8 Å². The largest absolute Gasteiger partial charge is 0.497 e. The number of nitrogens with one attached hydrogen (secondary N) is 1. The summed E-state index contributed by atoms with van der Waals surface area (Å²) >= 11 is 0. The van der Waals surface area contributed by atoms with Crippen molar-refractivity contribution in [2.45, 2.75) is 37.8 Å². The lowest BCUT2D eigenvalue weighted by molar-refractivity contribution is -0.139. The SMILES string of the molecule is CCCNC(=O)[C@@H](C)N(Cc1ccc(OC)cc1)C(=O)CN(c1ccc(F)cc1)S(=O)(=O)c1ccccc1. The lowest BCUT2D eigenvalue weighted by Gasteiger charge is -2.32. The molecule has 2 amide bonds. The summed E-state index contributed by atoms with van der Waals surface area (Å²) < 4.78 is 47.0. The van der Waals surface area contributed by atoms with Gasteiger partial charge in [-0.05, 0) is 67.4 Å². The molecule has 0 aliphatic carbocycles. The molecule has 202 valence electrons. The quantitative estimate of drug-likeness (QED) is 0.374. The first-order valence-corrected chi connectivity index (χ1v) is 13.6. The van der Waals surface area contributed by atoms with E-state index in [0.717, 1.165) is 28.4 Å². The first-order valence-electron chi connectivity index (χ1n) is 12.2. The topological polar surface area (TPSA) is 96.0 Å². The molecule has 0 fully saturated rings. The molecule has 0 aromatic heterocycles. The summed E-state index contributed by atoms with van der Waals surface area (Å²) in [5, 5.41) is 2.79. The molecular formula is C28H32FN3O5S. The summed E-state index contributed by atoms with van der Waals surface area (Å²) in [5.41, 5.74) is 0.852. The van der Waals surface area contributed by atoms with E-state index in [2.05, 4.69) is 5.32 Å². The van der Waals surface area contributed by atoms with Crippen LogP contribution >= 0.6 is 0 Å². The molecule has 0 saturated heterocycles. The summed E-state index contributed by atoms with van der Waals surface area (Å²) in [7, 11) is -2.65. The third-order valence-electron chi connectivity index (χ3n) is 5.95. The van der Waals surface area contributed by atoms with E-state index in [1.807, 2.05) is 6.92 Å². The molecule has 0 heterocycles. The van der Waals surface area contributed by atoms with Crippen LogP contribution in [0.15, 0.2) is 83.8 Å². The molecule has 0 radical (unpaired) electrons. The molecule has 8 nitrogen and oxygen atoms in total. The van der Waals surface area contributed by atoms with Gasteiger partial charge in [-0.25, -0.2) is 12.8 Å². The van der Waals surface area contributed by atoms with E-state index in [-0.39, 0.29) is 23.0 Å². The normalized spacial score (nSPS) is 11.9. The van der Waals surface area contributed by atoms with Crippen molar-refractivity contribution >= 4 is 27.5 Å². The van der Waals surface area contributed by atoms with Crippen molar-refractivity contribution in [3.8, 4) is 5.75 Å². The highest BCUT2D eigenvalue weighted by atomic mass is 32.2. The summed E-state index contributed by atoms with van der Waals surface area (Å²) in [6.07, 6.45) is 0.721. The van der Waals surface area contributed by atoms with E-state index >= 15 is 0 Å². The van der Waals surface area contributed by atoms with Crippen LogP contribution < -0.4 is 14.4 Å². The molecule has 0 aliphatic heterocycles. The maximum absolute atomic E-state index is 13.8. The van der Waals surface area contributed by atoms with Gasteiger partial charge in [0, 0.05) is 13.1 Å². The van der Waals surface area contributed by atoms with Crippen molar-refractivity contribution in [1.82, 2.24) is 10.2 Å². The van der Waals surface area contributed by atoms with Crippen molar-refractivity contribution in [1.29, 1.82) is 0 Å². The lowest BCUT2D eigenvalue weighted by atomic mass is 10.1. The molecule has 1 N–H and O–H groups in total. The number of hydrogen-bond donors (Lipinski definition) is 1. The maximum atomic E-state index is 13.8. The Morgan fingerprint density at radius 2 is 1.61 bits per heavy atom. The van der Waals surface area contributed by atoms with Crippen molar-refractivity contribution in [2.24, 2.45) is 0 Å². The van der Waals surface area contributed by atoms with Crippen LogP contribution in [-0.2, 0) is 26.2 Å². The standard InChI is InChI=1S/C28H32FN3O5S/c1-4-18-30-28(34)21(2)31(19-22-10-16-25(37-3)17-11-22)27(33)20-32(24-14-12-23(29)13-15-24)38(35,36)26-8-6-5-7-9-26/h5-17,21H,4,18-20H2,1-3H3,(H,30,34)/t21-/m1/s1. The van der Waals surface area contributed by atoms with Crippen LogP contribution in [0.2, 0.25) is 0 Å². The molecule has 38 heavy (non-hydrogen) atoms. The number of amides is 2. The third kappa shape index (κ3) is 7.10. The van der Waals surface area contributed by atoms with Crippen molar-refractivity contribution in [2.75, 3.05) is 24.5 Å². The minimum atomic E-state index is -4.19. The van der Waals surface area contributed by atoms with E-state index in [9.17, 15) is 22.4 Å². The number of benzene rings is 3. The molecule has 0 aliphatic rings.